The number of benzene rings is 1. The number of carbonyl (C=O) groups excluding carboxylic acids is 2. The number of aryl methyl sites for hydroxylation is 1. The zero-order valence-corrected chi connectivity index (χ0v) is 12.5. The van der Waals surface area contributed by atoms with Crippen molar-refractivity contribution in [2.75, 3.05) is 0 Å². The molecule has 0 aliphatic rings. The number of thiophene rings is 1. The predicted octanol–water partition coefficient (Wildman–Crippen LogP) is 1.71. The van der Waals surface area contributed by atoms with Gasteiger partial charge in [0.25, 0.3) is 5.91 Å². The maximum absolute atomic E-state index is 12.0. The number of hydrazine groups is 1. The van der Waals surface area contributed by atoms with E-state index in [9.17, 15) is 9.59 Å². The summed E-state index contributed by atoms with van der Waals surface area (Å²) in [6.07, 6.45) is 0. The number of rotatable bonds is 2. The van der Waals surface area contributed by atoms with Crippen LogP contribution in [0, 0.1) is 6.92 Å². The normalized spacial score (nSPS) is 10.6. The Balaban J connectivity index is 2.00. The fraction of sp³-hybridized carbons (Fsp3) is 0.0714. The molecule has 0 radical (unpaired) electrons. The molecule has 0 saturated carbocycles. The minimum absolute atomic E-state index is 0.418. The molecule has 2 aromatic heterocycles. The van der Waals surface area contributed by atoms with E-state index in [1.54, 1.807) is 10.7 Å². The lowest BCUT2D eigenvalue weighted by molar-refractivity contribution is 0.0941. The van der Waals surface area contributed by atoms with Crippen LogP contribution in [-0.2, 0) is 0 Å². The van der Waals surface area contributed by atoms with Crippen LogP contribution in [-0.4, -0.2) is 21.7 Å². The Labute approximate surface area is 129 Å². The van der Waals surface area contributed by atoms with Crippen LogP contribution in [0.3, 0.4) is 0 Å². The van der Waals surface area contributed by atoms with Gasteiger partial charge < -0.3 is 5.73 Å². The van der Waals surface area contributed by atoms with Crippen LogP contribution in [0.1, 0.15) is 15.4 Å². The quantitative estimate of drug-likeness (QED) is 0.627. The Hall–Kier alpha value is -2.87. The number of carbonyl (C=O) groups is 2. The highest BCUT2D eigenvalue weighted by Gasteiger charge is 2.17. The Morgan fingerprint density at radius 1 is 1.23 bits per heavy atom. The van der Waals surface area contributed by atoms with Crippen molar-refractivity contribution in [3.05, 3.63) is 47.0 Å². The Morgan fingerprint density at radius 3 is 2.64 bits per heavy atom. The van der Waals surface area contributed by atoms with Gasteiger partial charge in [0.1, 0.15) is 4.83 Å². The summed E-state index contributed by atoms with van der Waals surface area (Å²) < 4.78 is 1.80. The summed E-state index contributed by atoms with van der Waals surface area (Å²) in [5.74, 6) is -0.418. The van der Waals surface area contributed by atoms with E-state index in [0.29, 0.717) is 4.88 Å². The largest absolute Gasteiger partial charge is 0.350 e. The average molecular weight is 315 g/mol. The topological polar surface area (TPSA) is 102 Å². The van der Waals surface area contributed by atoms with Crippen molar-refractivity contribution < 1.29 is 9.59 Å². The van der Waals surface area contributed by atoms with Crippen LogP contribution in [0.2, 0.25) is 0 Å². The molecule has 7 nitrogen and oxygen atoms in total. The fourth-order valence-electron chi connectivity index (χ4n) is 2.08. The molecule has 3 rings (SSSR count). The number of amides is 3. The maximum Gasteiger partial charge on any atom is 0.330 e. The number of para-hydroxylation sites is 1. The number of fused-ring (bicyclic) bond motifs is 1. The number of aromatic nitrogens is 2. The number of hydrogen-bond acceptors (Lipinski definition) is 4. The molecule has 0 aliphatic carbocycles. The van der Waals surface area contributed by atoms with Crippen LogP contribution in [0.25, 0.3) is 15.9 Å². The molecule has 0 spiro atoms. The van der Waals surface area contributed by atoms with Gasteiger partial charge >= 0.3 is 6.03 Å². The summed E-state index contributed by atoms with van der Waals surface area (Å²) in [4.78, 5) is 23.9. The molecule has 0 fully saturated rings. The second kappa shape index (κ2) is 5.49. The summed E-state index contributed by atoms with van der Waals surface area (Å²) in [6.45, 7) is 1.89. The van der Waals surface area contributed by atoms with Crippen LogP contribution >= 0.6 is 11.3 Å². The van der Waals surface area contributed by atoms with Gasteiger partial charge in [0.2, 0.25) is 0 Å². The highest BCUT2D eigenvalue weighted by Crippen LogP contribution is 2.30. The van der Waals surface area contributed by atoms with Gasteiger partial charge in [-0.1, -0.05) is 18.2 Å². The van der Waals surface area contributed by atoms with Crippen LogP contribution in [0.4, 0.5) is 4.79 Å². The molecule has 1 aromatic carbocycles. The Morgan fingerprint density at radius 2 is 1.95 bits per heavy atom. The van der Waals surface area contributed by atoms with Crippen LogP contribution in [0.5, 0.6) is 0 Å². The smallest absolute Gasteiger partial charge is 0.330 e. The summed E-state index contributed by atoms with van der Waals surface area (Å²) in [7, 11) is 0. The molecule has 22 heavy (non-hydrogen) atoms. The maximum atomic E-state index is 12.0. The third-order valence-corrected chi connectivity index (χ3v) is 4.18. The summed E-state index contributed by atoms with van der Waals surface area (Å²) in [5, 5.41) is 5.40. The third-order valence-electron chi connectivity index (χ3n) is 3.07. The standard InChI is InChI=1S/C14H13N5O2S/c1-8-10-7-11(12(20)16-17-14(15)21)22-13(10)19(18-8)9-5-3-2-4-6-9/h2-7H,1H3,(H,16,20)(H3,15,17,21). The van der Waals surface area contributed by atoms with E-state index < -0.39 is 11.9 Å². The monoisotopic (exact) mass is 315 g/mol. The van der Waals surface area contributed by atoms with Crippen molar-refractivity contribution >= 4 is 33.5 Å². The van der Waals surface area contributed by atoms with Gasteiger partial charge in [-0.2, -0.15) is 5.10 Å². The van der Waals surface area contributed by atoms with E-state index in [2.05, 4.69) is 16.0 Å². The molecule has 0 saturated heterocycles. The van der Waals surface area contributed by atoms with Crippen molar-refractivity contribution in [3.63, 3.8) is 0 Å². The van der Waals surface area contributed by atoms with Gasteiger partial charge in [0.05, 0.1) is 16.3 Å². The third kappa shape index (κ3) is 2.51. The molecule has 0 atom stereocenters. The van der Waals surface area contributed by atoms with E-state index in [1.165, 1.54) is 11.3 Å². The number of nitrogens with zero attached hydrogens (tertiary/aromatic N) is 2. The second-order valence-corrected chi connectivity index (χ2v) is 5.64. The van der Waals surface area contributed by atoms with Crippen molar-refractivity contribution in [3.8, 4) is 5.69 Å². The first kappa shape index (κ1) is 14.1. The minimum Gasteiger partial charge on any atom is -0.350 e. The summed E-state index contributed by atoms with van der Waals surface area (Å²) in [5.41, 5.74) is 11.0. The molecular weight excluding hydrogens is 302 g/mol. The van der Waals surface area contributed by atoms with Crippen molar-refractivity contribution in [2.24, 2.45) is 5.73 Å². The van der Waals surface area contributed by atoms with Gasteiger partial charge in [0.15, 0.2) is 0 Å². The lowest BCUT2D eigenvalue weighted by atomic mass is 10.3. The van der Waals surface area contributed by atoms with Gasteiger partial charge in [0, 0.05) is 5.39 Å². The molecular formula is C14H13N5O2S. The van der Waals surface area contributed by atoms with Gasteiger partial charge in [-0.25, -0.2) is 14.9 Å². The highest BCUT2D eigenvalue weighted by molar-refractivity contribution is 7.20. The lowest BCUT2D eigenvalue weighted by Crippen LogP contribution is -2.44. The zero-order chi connectivity index (χ0) is 15.7. The number of urea groups is 1. The first-order chi connectivity index (χ1) is 10.6. The fourth-order valence-corrected chi connectivity index (χ4v) is 3.16. The molecule has 3 aromatic rings. The van der Waals surface area contributed by atoms with Crippen LogP contribution in [0.15, 0.2) is 36.4 Å². The molecule has 3 amide bonds. The Kier molecular flexibility index (Phi) is 3.51. The molecule has 0 unspecified atom stereocenters. The first-order valence-electron chi connectivity index (χ1n) is 6.46. The minimum atomic E-state index is -0.818. The van der Waals surface area contributed by atoms with Crippen molar-refractivity contribution in [1.29, 1.82) is 0 Å². The number of hydrogen-bond donors (Lipinski definition) is 3. The molecule has 4 N–H and O–H groups in total. The van der Waals surface area contributed by atoms with E-state index in [-0.39, 0.29) is 0 Å². The second-order valence-electron chi connectivity index (χ2n) is 4.61. The average Bonchev–Trinajstić information content (AvgIpc) is 3.07. The van der Waals surface area contributed by atoms with E-state index in [0.717, 1.165) is 21.6 Å². The number of nitrogens with one attached hydrogen (secondary N) is 2. The zero-order valence-electron chi connectivity index (χ0n) is 11.7. The summed E-state index contributed by atoms with van der Waals surface area (Å²) >= 11 is 1.30. The van der Waals surface area contributed by atoms with Gasteiger partial charge in [-0.15, -0.1) is 11.3 Å². The van der Waals surface area contributed by atoms with Crippen molar-refractivity contribution in [2.45, 2.75) is 6.92 Å². The SMILES string of the molecule is Cc1nn(-c2ccccc2)c2sc(C(=O)NNC(N)=O)cc12. The molecule has 0 bridgehead atoms. The van der Waals surface area contributed by atoms with Gasteiger partial charge in [-0.3, -0.25) is 10.2 Å². The van der Waals surface area contributed by atoms with E-state index in [1.807, 2.05) is 37.3 Å². The molecule has 2 heterocycles. The molecule has 8 heteroatoms. The first-order valence-corrected chi connectivity index (χ1v) is 7.28. The molecule has 0 aliphatic heterocycles. The highest BCUT2D eigenvalue weighted by atomic mass is 32.1. The summed E-state index contributed by atoms with van der Waals surface area (Å²) in [6, 6.07) is 10.6. The lowest BCUT2D eigenvalue weighted by Gasteiger charge is -2.02. The van der Waals surface area contributed by atoms with Crippen molar-refractivity contribution in [1.82, 2.24) is 20.6 Å². The van der Waals surface area contributed by atoms with E-state index in [4.69, 9.17) is 5.73 Å². The number of nitrogens with two attached hydrogens (primary N) is 1. The Bertz CT molecular complexity index is 853. The van der Waals surface area contributed by atoms with E-state index >= 15 is 0 Å². The molecule has 112 valence electrons. The number of primary amides is 1. The van der Waals surface area contributed by atoms with Crippen LogP contribution < -0.4 is 16.6 Å². The predicted molar refractivity (Wildman–Crippen MR) is 83.9 cm³/mol. The van der Waals surface area contributed by atoms with Gasteiger partial charge in [-0.05, 0) is 25.1 Å².